The normalized spacial score (nSPS) is 12.8. The van der Waals surface area contributed by atoms with Gasteiger partial charge in [0.05, 0.1) is 17.2 Å². The molecule has 0 aliphatic heterocycles. The third-order valence-electron chi connectivity index (χ3n) is 4.40. The second-order valence-corrected chi connectivity index (χ2v) is 7.19. The Kier molecular flexibility index (Phi) is 4.94. The molecule has 2 aromatic heterocycles. The van der Waals surface area contributed by atoms with Crippen molar-refractivity contribution in [3.05, 3.63) is 59.5 Å². The van der Waals surface area contributed by atoms with E-state index in [1.807, 2.05) is 18.2 Å². The van der Waals surface area contributed by atoms with Gasteiger partial charge in [0, 0.05) is 33.9 Å². The van der Waals surface area contributed by atoms with Crippen LogP contribution in [0.5, 0.6) is 0 Å². The van der Waals surface area contributed by atoms with Crippen LogP contribution in [-0.4, -0.2) is 32.6 Å². The Bertz CT molecular complexity index is 967. The molecule has 0 bridgehead atoms. The van der Waals surface area contributed by atoms with Crippen LogP contribution >= 0.6 is 11.6 Å². The fourth-order valence-electron chi connectivity index (χ4n) is 2.49. The average molecular weight is 370 g/mol. The van der Waals surface area contributed by atoms with E-state index >= 15 is 0 Å². The van der Waals surface area contributed by atoms with Crippen LogP contribution in [0, 0.1) is 0 Å². The average Bonchev–Trinajstić information content (AvgIpc) is 2.60. The van der Waals surface area contributed by atoms with Crippen LogP contribution in [0.3, 0.4) is 0 Å². The van der Waals surface area contributed by atoms with Gasteiger partial charge >= 0.3 is 0 Å². The van der Waals surface area contributed by atoms with Crippen LogP contribution in [0.1, 0.15) is 31.3 Å². The lowest BCUT2D eigenvalue weighted by atomic mass is 10.0. The van der Waals surface area contributed by atoms with Crippen molar-refractivity contribution in [2.24, 2.45) is 0 Å². The number of aliphatic hydroxyl groups is 1. The molecule has 0 aliphatic rings. The third kappa shape index (κ3) is 3.69. The van der Waals surface area contributed by atoms with Gasteiger partial charge in [-0.05, 0) is 39.0 Å². The lowest BCUT2D eigenvalue weighted by molar-refractivity contribution is 0.0407. The maximum atomic E-state index is 12.5. The Morgan fingerprint density at radius 2 is 1.88 bits per heavy atom. The summed E-state index contributed by atoms with van der Waals surface area (Å²) < 4.78 is 0. The highest BCUT2D eigenvalue weighted by atomic mass is 35.5. The second kappa shape index (κ2) is 7.02. The van der Waals surface area contributed by atoms with E-state index in [0.29, 0.717) is 10.5 Å². The van der Waals surface area contributed by atoms with Gasteiger partial charge < -0.3 is 10.4 Å². The summed E-state index contributed by atoms with van der Waals surface area (Å²) in [7, 11) is 0. The summed E-state index contributed by atoms with van der Waals surface area (Å²) in [4.78, 5) is 21.3. The smallest absolute Gasteiger partial charge is 0.270 e. The molecule has 1 aromatic carbocycles. The van der Waals surface area contributed by atoms with Crippen molar-refractivity contribution in [2.45, 2.75) is 32.4 Å². The molecule has 26 heavy (non-hydrogen) atoms. The number of hydrogen-bond acceptors (Lipinski definition) is 4. The fourth-order valence-corrected chi connectivity index (χ4v) is 2.73. The highest BCUT2D eigenvalue weighted by Crippen LogP contribution is 2.31. The van der Waals surface area contributed by atoms with E-state index in [9.17, 15) is 9.90 Å². The zero-order chi connectivity index (χ0) is 18.9. The highest BCUT2D eigenvalue weighted by molar-refractivity contribution is 6.33. The van der Waals surface area contributed by atoms with Crippen LogP contribution in [0.4, 0.5) is 0 Å². The third-order valence-corrected chi connectivity index (χ3v) is 4.73. The van der Waals surface area contributed by atoms with Crippen molar-refractivity contribution in [3.8, 4) is 11.1 Å². The predicted octanol–water partition coefficient (Wildman–Crippen LogP) is 3.84. The summed E-state index contributed by atoms with van der Waals surface area (Å²) in [5, 5.41) is 14.2. The predicted molar refractivity (Wildman–Crippen MR) is 103 cm³/mol. The standard InChI is InChI=1S/C20H20ClN3O2/c1-12(20(2,3)26)23-19(25)17-9-8-13-10-22-11-15(18(13)24-17)14-6-4-5-7-16(14)21/h4-12,26H,1-3H3,(H,23,25). The number of pyridine rings is 2. The summed E-state index contributed by atoms with van der Waals surface area (Å²) in [5.41, 5.74) is 1.46. The number of fused-ring (bicyclic) bond motifs is 1. The molecular formula is C20H20ClN3O2. The first kappa shape index (κ1) is 18.3. The Labute approximate surface area is 157 Å². The van der Waals surface area contributed by atoms with Gasteiger partial charge in [-0.15, -0.1) is 0 Å². The van der Waals surface area contributed by atoms with Crippen LogP contribution in [0.25, 0.3) is 22.0 Å². The van der Waals surface area contributed by atoms with Crippen molar-refractivity contribution in [1.82, 2.24) is 15.3 Å². The van der Waals surface area contributed by atoms with Gasteiger partial charge in [-0.3, -0.25) is 9.78 Å². The molecule has 3 aromatic rings. The topological polar surface area (TPSA) is 75.1 Å². The van der Waals surface area contributed by atoms with Crippen molar-refractivity contribution < 1.29 is 9.90 Å². The van der Waals surface area contributed by atoms with Gasteiger partial charge in [-0.25, -0.2) is 4.98 Å². The quantitative estimate of drug-likeness (QED) is 0.732. The maximum absolute atomic E-state index is 12.5. The van der Waals surface area contributed by atoms with Gasteiger partial charge in [-0.2, -0.15) is 0 Å². The van der Waals surface area contributed by atoms with Crippen molar-refractivity contribution >= 4 is 28.4 Å². The molecule has 134 valence electrons. The summed E-state index contributed by atoms with van der Waals surface area (Å²) in [6.45, 7) is 5.04. The summed E-state index contributed by atoms with van der Waals surface area (Å²) in [6.07, 6.45) is 3.39. The first-order valence-corrected chi connectivity index (χ1v) is 8.68. The highest BCUT2D eigenvalue weighted by Gasteiger charge is 2.24. The van der Waals surface area contributed by atoms with E-state index in [1.54, 1.807) is 51.4 Å². The lowest BCUT2D eigenvalue weighted by Gasteiger charge is -2.26. The van der Waals surface area contributed by atoms with E-state index in [1.165, 1.54) is 0 Å². The van der Waals surface area contributed by atoms with Crippen molar-refractivity contribution in [3.63, 3.8) is 0 Å². The first-order valence-electron chi connectivity index (χ1n) is 8.30. The molecule has 0 saturated heterocycles. The maximum Gasteiger partial charge on any atom is 0.270 e. The Hall–Kier alpha value is -2.50. The number of aromatic nitrogens is 2. The summed E-state index contributed by atoms with van der Waals surface area (Å²) in [6, 6.07) is 10.5. The van der Waals surface area contributed by atoms with E-state index in [-0.39, 0.29) is 11.6 Å². The Balaban J connectivity index is 2.04. The molecule has 3 rings (SSSR count). The summed E-state index contributed by atoms with van der Waals surface area (Å²) in [5.74, 6) is -0.344. The Morgan fingerprint density at radius 1 is 1.15 bits per heavy atom. The molecule has 1 unspecified atom stereocenters. The molecule has 6 heteroatoms. The minimum Gasteiger partial charge on any atom is -0.388 e. The van der Waals surface area contributed by atoms with E-state index in [0.717, 1.165) is 16.5 Å². The fraction of sp³-hybridized carbons (Fsp3) is 0.250. The molecule has 1 atom stereocenters. The van der Waals surface area contributed by atoms with E-state index < -0.39 is 11.6 Å². The van der Waals surface area contributed by atoms with Gasteiger partial charge in [0.1, 0.15) is 5.69 Å². The van der Waals surface area contributed by atoms with Gasteiger partial charge in [0.15, 0.2) is 0 Å². The number of amides is 1. The monoisotopic (exact) mass is 369 g/mol. The van der Waals surface area contributed by atoms with Crippen LogP contribution < -0.4 is 5.32 Å². The van der Waals surface area contributed by atoms with Crippen LogP contribution in [-0.2, 0) is 0 Å². The number of rotatable bonds is 4. The molecule has 0 saturated carbocycles. The number of hydrogen-bond donors (Lipinski definition) is 2. The number of nitrogens with one attached hydrogen (secondary N) is 1. The zero-order valence-electron chi connectivity index (χ0n) is 14.8. The Morgan fingerprint density at radius 3 is 2.58 bits per heavy atom. The van der Waals surface area contributed by atoms with E-state index in [2.05, 4.69) is 15.3 Å². The molecule has 2 N–H and O–H groups in total. The molecule has 1 amide bonds. The van der Waals surface area contributed by atoms with Crippen molar-refractivity contribution in [1.29, 1.82) is 0 Å². The summed E-state index contributed by atoms with van der Waals surface area (Å²) >= 11 is 6.32. The van der Waals surface area contributed by atoms with Gasteiger partial charge in [0.25, 0.3) is 5.91 Å². The largest absolute Gasteiger partial charge is 0.388 e. The molecule has 0 aliphatic carbocycles. The molecule has 0 radical (unpaired) electrons. The zero-order valence-corrected chi connectivity index (χ0v) is 15.6. The molecule has 0 spiro atoms. The van der Waals surface area contributed by atoms with Crippen LogP contribution in [0.2, 0.25) is 5.02 Å². The first-order chi connectivity index (χ1) is 12.3. The molecule has 5 nitrogen and oxygen atoms in total. The second-order valence-electron chi connectivity index (χ2n) is 6.78. The van der Waals surface area contributed by atoms with Crippen molar-refractivity contribution in [2.75, 3.05) is 0 Å². The van der Waals surface area contributed by atoms with Crippen LogP contribution in [0.15, 0.2) is 48.8 Å². The number of carbonyl (C=O) groups is 1. The van der Waals surface area contributed by atoms with E-state index in [4.69, 9.17) is 11.6 Å². The molecule has 0 fully saturated rings. The van der Waals surface area contributed by atoms with Gasteiger partial charge in [0.2, 0.25) is 0 Å². The lowest BCUT2D eigenvalue weighted by Crippen LogP contribution is -2.47. The molecular weight excluding hydrogens is 350 g/mol. The number of benzene rings is 1. The van der Waals surface area contributed by atoms with Gasteiger partial charge in [-0.1, -0.05) is 29.8 Å². The SMILES string of the molecule is CC(NC(=O)c1ccc2cncc(-c3ccccc3Cl)c2n1)C(C)(C)O. The number of halogens is 1. The number of nitrogens with zero attached hydrogens (tertiary/aromatic N) is 2. The minimum absolute atomic E-state index is 0.271. The minimum atomic E-state index is -1.03. The molecule has 2 heterocycles. The number of carbonyl (C=O) groups excluding carboxylic acids is 1.